The Morgan fingerprint density at radius 1 is 1.03 bits per heavy atom. The smallest absolute Gasteiger partial charge is 0.261 e. The van der Waals surface area contributed by atoms with E-state index in [1.165, 1.54) is 0 Å². The van der Waals surface area contributed by atoms with Gasteiger partial charge in [0, 0.05) is 13.1 Å². The summed E-state index contributed by atoms with van der Waals surface area (Å²) in [7, 11) is 1.55. The minimum Gasteiger partial charge on any atom is -0.493 e. The fraction of sp³-hybridized carbons (Fsp3) is 0.417. The second-order valence-electron chi connectivity index (χ2n) is 7.77. The van der Waals surface area contributed by atoms with Gasteiger partial charge >= 0.3 is 0 Å². The van der Waals surface area contributed by atoms with Crippen LogP contribution in [0.4, 0.5) is 0 Å². The van der Waals surface area contributed by atoms with Gasteiger partial charge in [0.2, 0.25) is 5.91 Å². The van der Waals surface area contributed by atoms with E-state index in [0.717, 1.165) is 11.1 Å². The third-order valence-corrected chi connectivity index (χ3v) is 4.71. The van der Waals surface area contributed by atoms with Crippen LogP contribution in [0.15, 0.2) is 48.5 Å². The lowest BCUT2D eigenvalue weighted by Crippen LogP contribution is -2.49. The maximum absolute atomic E-state index is 13.1. The van der Waals surface area contributed by atoms with Crippen LogP contribution in [-0.4, -0.2) is 43.0 Å². The predicted molar refractivity (Wildman–Crippen MR) is 118 cm³/mol. The van der Waals surface area contributed by atoms with Crippen molar-refractivity contribution in [3.05, 3.63) is 59.7 Å². The molecule has 0 aliphatic rings. The van der Waals surface area contributed by atoms with Crippen LogP contribution in [0.3, 0.4) is 0 Å². The number of amides is 2. The highest BCUT2D eigenvalue weighted by molar-refractivity contribution is 5.88. The number of para-hydroxylation sites is 2. The second kappa shape index (κ2) is 11.2. The van der Waals surface area contributed by atoms with Crippen LogP contribution in [0.1, 0.15) is 31.9 Å². The van der Waals surface area contributed by atoms with E-state index < -0.39 is 6.04 Å². The van der Waals surface area contributed by atoms with Gasteiger partial charge in [-0.15, -0.1) is 0 Å². The van der Waals surface area contributed by atoms with Crippen LogP contribution in [0.5, 0.6) is 11.5 Å². The summed E-state index contributed by atoms with van der Waals surface area (Å²) >= 11 is 0. The molecule has 0 saturated heterocycles. The zero-order valence-corrected chi connectivity index (χ0v) is 18.5. The Morgan fingerprint density at radius 3 is 2.37 bits per heavy atom. The number of ether oxygens (including phenoxy) is 2. The molecule has 0 heterocycles. The molecule has 0 radical (unpaired) electrons. The molecule has 2 aromatic rings. The number of carbonyl (C=O) groups is 2. The average molecular weight is 413 g/mol. The first-order valence-corrected chi connectivity index (χ1v) is 10.2. The molecule has 1 unspecified atom stereocenters. The molecule has 0 spiro atoms. The number of aryl methyl sites for hydroxylation is 1. The van der Waals surface area contributed by atoms with Crippen molar-refractivity contribution in [2.24, 2.45) is 5.92 Å². The summed E-state index contributed by atoms with van der Waals surface area (Å²) in [6.07, 6.45) is 0. The van der Waals surface area contributed by atoms with Gasteiger partial charge in [-0.3, -0.25) is 9.59 Å². The number of hydrogen-bond acceptors (Lipinski definition) is 4. The van der Waals surface area contributed by atoms with Crippen molar-refractivity contribution in [3.8, 4) is 11.5 Å². The molecule has 0 aliphatic heterocycles. The van der Waals surface area contributed by atoms with E-state index in [4.69, 9.17) is 9.47 Å². The molecule has 0 saturated carbocycles. The molecule has 6 nitrogen and oxygen atoms in total. The normalized spacial score (nSPS) is 11.7. The van der Waals surface area contributed by atoms with E-state index in [1.807, 2.05) is 57.2 Å². The maximum Gasteiger partial charge on any atom is 0.261 e. The Balaban J connectivity index is 2.16. The molecule has 0 aliphatic carbocycles. The average Bonchev–Trinajstić information content (AvgIpc) is 2.73. The highest BCUT2D eigenvalue weighted by atomic mass is 16.5. The van der Waals surface area contributed by atoms with E-state index in [-0.39, 0.29) is 18.4 Å². The first-order chi connectivity index (χ1) is 14.3. The van der Waals surface area contributed by atoms with E-state index in [2.05, 4.69) is 5.32 Å². The first-order valence-electron chi connectivity index (χ1n) is 10.2. The van der Waals surface area contributed by atoms with Gasteiger partial charge in [0.1, 0.15) is 6.04 Å². The molecule has 2 aromatic carbocycles. The van der Waals surface area contributed by atoms with Crippen molar-refractivity contribution in [2.45, 2.75) is 40.3 Å². The van der Waals surface area contributed by atoms with E-state index >= 15 is 0 Å². The number of benzene rings is 2. The summed E-state index contributed by atoms with van der Waals surface area (Å²) in [5, 5.41) is 2.91. The lowest BCUT2D eigenvalue weighted by Gasteiger charge is -2.29. The lowest BCUT2D eigenvalue weighted by atomic mass is 10.1. The molecule has 162 valence electrons. The van der Waals surface area contributed by atoms with E-state index in [0.29, 0.717) is 30.5 Å². The fourth-order valence-corrected chi connectivity index (χ4v) is 3.00. The molecule has 1 atom stereocenters. The van der Waals surface area contributed by atoms with Crippen LogP contribution in [-0.2, 0) is 16.1 Å². The van der Waals surface area contributed by atoms with Crippen molar-refractivity contribution < 1.29 is 19.1 Å². The van der Waals surface area contributed by atoms with Gasteiger partial charge in [-0.05, 0) is 37.5 Å². The Hall–Kier alpha value is -3.02. The zero-order valence-electron chi connectivity index (χ0n) is 18.5. The highest BCUT2D eigenvalue weighted by Gasteiger charge is 2.26. The molecule has 2 rings (SSSR count). The molecule has 30 heavy (non-hydrogen) atoms. The summed E-state index contributed by atoms with van der Waals surface area (Å²) < 4.78 is 11.0. The van der Waals surface area contributed by atoms with Crippen molar-refractivity contribution in [3.63, 3.8) is 0 Å². The van der Waals surface area contributed by atoms with Crippen LogP contribution in [0, 0.1) is 12.8 Å². The summed E-state index contributed by atoms with van der Waals surface area (Å²) in [5.41, 5.74) is 2.06. The van der Waals surface area contributed by atoms with Crippen molar-refractivity contribution >= 4 is 11.8 Å². The number of nitrogens with one attached hydrogen (secondary N) is 1. The number of rotatable bonds is 10. The van der Waals surface area contributed by atoms with Crippen LogP contribution in [0.25, 0.3) is 0 Å². The molecule has 2 amide bonds. The van der Waals surface area contributed by atoms with Gasteiger partial charge in [0.05, 0.1) is 7.11 Å². The van der Waals surface area contributed by atoms with E-state index in [1.54, 1.807) is 31.1 Å². The number of hydrogen-bond donors (Lipinski definition) is 1. The van der Waals surface area contributed by atoms with Crippen LogP contribution >= 0.6 is 0 Å². The third kappa shape index (κ3) is 6.79. The largest absolute Gasteiger partial charge is 0.493 e. The molecular formula is C24H32N2O4. The van der Waals surface area contributed by atoms with Crippen molar-refractivity contribution in [2.75, 3.05) is 20.3 Å². The standard InChI is InChI=1S/C24H32N2O4/c1-17(2)14-25-24(28)19(4)26(15-20-10-8-9-18(3)13-20)23(27)16-30-22-12-7-6-11-21(22)29-5/h6-13,17,19H,14-16H2,1-5H3,(H,25,28). The van der Waals surface area contributed by atoms with Gasteiger partial charge in [-0.2, -0.15) is 0 Å². The quantitative estimate of drug-likeness (QED) is 0.648. The van der Waals surface area contributed by atoms with Crippen LogP contribution < -0.4 is 14.8 Å². The van der Waals surface area contributed by atoms with Crippen LogP contribution in [0.2, 0.25) is 0 Å². The monoisotopic (exact) mass is 412 g/mol. The van der Waals surface area contributed by atoms with Gasteiger partial charge in [-0.1, -0.05) is 55.8 Å². The summed E-state index contributed by atoms with van der Waals surface area (Å²) in [4.78, 5) is 27.3. The molecular weight excluding hydrogens is 380 g/mol. The Morgan fingerprint density at radius 2 is 1.73 bits per heavy atom. The maximum atomic E-state index is 13.1. The van der Waals surface area contributed by atoms with Gasteiger partial charge in [-0.25, -0.2) is 0 Å². The molecule has 6 heteroatoms. The number of nitrogens with zero attached hydrogens (tertiary/aromatic N) is 1. The zero-order chi connectivity index (χ0) is 22.1. The van der Waals surface area contributed by atoms with E-state index in [9.17, 15) is 9.59 Å². The molecule has 0 fully saturated rings. The van der Waals surface area contributed by atoms with Gasteiger partial charge < -0.3 is 19.7 Å². The summed E-state index contributed by atoms with van der Waals surface area (Å²) in [6, 6.07) is 14.4. The first kappa shape index (κ1) is 23.3. The Kier molecular flexibility index (Phi) is 8.71. The third-order valence-electron chi connectivity index (χ3n) is 4.71. The summed E-state index contributed by atoms with van der Waals surface area (Å²) in [6.45, 7) is 8.50. The van der Waals surface area contributed by atoms with Crippen molar-refractivity contribution in [1.82, 2.24) is 10.2 Å². The van der Waals surface area contributed by atoms with Gasteiger partial charge in [0.15, 0.2) is 18.1 Å². The van der Waals surface area contributed by atoms with Gasteiger partial charge in [0.25, 0.3) is 5.91 Å². The molecule has 0 bridgehead atoms. The summed E-state index contributed by atoms with van der Waals surface area (Å²) in [5.74, 6) is 0.923. The SMILES string of the molecule is COc1ccccc1OCC(=O)N(Cc1cccc(C)c1)C(C)C(=O)NCC(C)C. The minimum atomic E-state index is -0.627. The molecule has 1 N–H and O–H groups in total. The minimum absolute atomic E-state index is 0.179. The fourth-order valence-electron chi connectivity index (χ4n) is 3.00. The number of methoxy groups -OCH3 is 1. The topological polar surface area (TPSA) is 67.9 Å². The lowest BCUT2D eigenvalue weighted by molar-refractivity contribution is -0.142. The highest BCUT2D eigenvalue weighted by Crippen LogP contribution is 2.25. The Labute approximate surface area is 179 Å². The predicted octanol–water partition coefficient (Wildman–Crippen LogP) is 3.57. The second-order valence-corrected chi connectivity index (χ2v) is 7.77. The van der Waals surface area contributed by atoms with Crippen molar-refractivity contribution in [1.29, 1.82) is 0 Å². The molecule has 0 aromatic heterocycles. The number of carbonyl (C=O) groups excluding carboxylic acids is 2. The Bertz CT molecular complexity index is 851.